The Morgan fingerprint density at radius 3 is 2.72 bits per heavy atom. The number of nitrogens with zero attached hydrogens (tertiary/aromatic N) is 1. The monoisotopic (exact) mass is 242 g/mol. The summed E-state index contributed by atoms with van der Waals surface area (Å²) >= 11 is 0. The lowest BCUT2D eigenvalue weighted by Crippen LogP contribution is -2.12. The van der Waals surface area contributed by atoms with Crippen LogP contribution in [0.15, 0.2) is 40.9 Å². The van der Waals surface area contributed by atoms with Crippen LogP contribution in [0.25, 0.3) is 0 Å². The summed E-state index contributed by atoms with van der Waals surface area (Å²) in [6, 6.07) is 10.6. The van der Waals surface area contributed by atoms with E-state index in [4.69, 9.17) is 4.42 Å². The maximum absolute atomic E-state index is 5.89. The molecule has 0 radical (unpaired) electrons. The Kier molecular flexibility index (Phi) is 2.92. The molecular formula is C15H18N2O. The average molecular weight is 242 g/mol. The van der Waals surface area contributed by atoms with Gasteiger partial charge in [-0.2, -0.15) is 0 Å². The average Bonchev–Trinajstić information content (AvgIpc) is 3.10. The molecule has 1 aliphatic carbocycles. The molecule has 2 aromatic rings. The summed E-state index contributed by atoms with van der Waals surface area (Å²) in [5.74, 6) is 1.80. The first-order chi connectivity index (χ1) is 8.85. The fourth-order valence-corrected chi connectivity index (χ4v) is 2.40. The van der Waals surface area contributed by atoms with Crippen LogP contribution in [-0.4, -0.2) is 11.5 Å². The zero-order valence-corrected chi connectivity index (χ0v) is 10.6. The van der Waals surface area contributed by atoms with E-state index < -0.39 is 0 Å². The SMILES string of the molecule is CCNCc1ncc(C2(c3ccccc3)CC2)o1. The van der Waals surface area contributed by atoms with Gasteiger partial charge in [-0.25, -0.2) is 4.98 Å². The van der Waals surface area contributed by atoms with Gasteiger partial charge >= 0.3 is 0 Å². The van der Waals surface area contributed by atoms with E-state index in [1.54, 1.807) is 0 Å². The molecule has 1 aromatic carbocycles. The van der Waals surface area contributed by atoms with Crippen LogP contribution in [0.3, 0.4) is 0 Å². The highest BCUT2D eigenvalue weighted by molar-refractivity contribution is 5.39. The van der Waals surface area contributed by atoms with Crippen LogP contribution in [0.2, 0.25) is 0 Å². The third-order valence-electron chi connectivity index (χ3n) is 3.63. The second-order valence-electron chi connectivity index (χ2n) is 4.85. The molecule has 3 heteroatoms. The van der Waals surface area contributed by atoms with Gasteiger partial charge in [0.2, 0.25) is 5.89 Å². The minimum absolute atomic E-state index is 0.0960. The Hall–Kier alpha value is -1.61. The molecule has 1 fully saturated rings. The minimum atomic E-state index is 0.0960. The lowest BCUT2D eigenvalue weighted by Gasteiger charge is -2.11. The van der Waals surface area contributed by atoms with Gasteiger partial charge in [-0.3, -0.25) is 0 Å². The molecule has 0 amide bonds. The molecule has 1 aliphatic rings. The first-order valence-electron chi connectivity index (χ1n) is 6.56. The van der Waals surface area contributed by atoms with Gasteiger partial charge in [0.25, 0.3) is 0 Å². The molecule has 0 bridgehead atoms. The smallest absolute Gasteiger partial charge is 0.208 e. The van der Waals surface area contributed by atoms with Gasteiger partial charge in [0.05, 0.1) is 18.2 Å². The summed E-state index contributed by atoms with van der Waals surface area (Å²) in [5.41, 5.74) is 1.44. The van der Waals surface area contributed by atoms with Crippen molar-refractivity contribution in [2.24, 2.45) is 0 Å². The van der Waals surface area contributed by atoms with Gasteiger partial charge in [0.1, 0.15) is 5.76 Å². The zero-order chi connectivity index (χ0) is 12.4. The van der Waals surface area contributed by atoms with Crippen LogP contribution < -0.4 is 5.32 Å². The molecule has 0 aliphatic heterocycles. The number of hydrogen-bond acceptors (Lipinski definition) is 3. The zero-order valence-electron chi connectivity index (χ0n) is 10.6. The molecule has 0 atom stereocenters. The normalized spacial score (nSPS) is 16.7. The van der Waals surface area contributed by atoms with E-state index in [-0.39, 0.29) is 5.41 Å². The molecule has 0 spiro atoms. The molecule has 1 N–H and O–H groups in total. The first kappa shape index (κ1) is 11.5. The predicted octanol–water partition coefficient (Wildman–Crippen LogP) is 2.86. The Morgan fingerprint density at radius 1 is 1.28 bits per heavy atom. The summed E-state index contributed by atoms with van der Waals surface area (Å²) in [6.07, 6.45) is 4.21. The van der Waals surface area contributed by atoms with Gasteiger partial charge in [0.15, 0.2) is 0 Å². The van der Waals surface area contributed by atoms with Crippen molar-refractivity contribution in [3.63, 3.8) is 0 Å². The molecule has 1 heterocycles. The maximum Gasteiger partial charge on any atom is 0.208 e. The van der Waals surface area contributed by atoms with Gasteiger partial charge in [0, 0.05) is 0 Å². The molecule has 0 unspecified atom stereocenters. The van der Waals surface area contributed by atoms with Crippen molar-refractivity contribution >= 4 is 0 Å². The first-order valence-corrected chi connectivity index (χ1v) is 6.56. The largest absolute Gasteiger partial charge is 0.443 e. The summed E-state index contributed by atoms with van der Waals surface area (Å²) < 4.78 is 5.89. The van der Waals surface area contributed by atoms with Crippen molar-refractivity contribution in [3.05, 3.63) is 53.7 Å². The third kappa shape index (κ3) is 1.95. The second-order valence-corrected chi connectivity index (χ2v) is 4.85. The number of aromatic nitrogens is 1. The van der Waals surface area contributed by atoms with Crippen LogP contribution in [0.5, 0.6) is 0 Å². The van der Waals surface area contributed by atoms with Crippen molar-refractivity contribution in [3.8, 4) is 0 Å². The molecule has 0 saturated heterocycles. The molecule has 3 nitrogen and oxygen atoms in total. The van der Waals surface area contributed by atoms with Gasteiger partial charge in [-0.1, -0.05) is 37.3 Å². The van der Waals surface area contributed by atoms with Crippen LogP contribution in [-0.2, 0) is 12.0 Å². The Balaban J connectivity index is 1.84. The number of benzene rings is 1. The van der Waals surface area contributed by atoms with Crippen molar-refractivity contribution in [2.75, 3.05) is 6.54 Å². The second kappa shape index (κ2) is 4.58. The predicted molar refractivity (Wildman–Crippen MR) is 70.3 cm³/mol. The summed E-state index contributed by atoms with van der Waals surface area (Å²) in [7, 11) is 0. The lowest BCUT2D eigenvalue weighted by molar-refractivity contribution is 0.420. The number of rotatable bonds is 5. The van der Waals surface area contributed by atoms with E-state index in [9.17, 15) is 0 Å². The van der Waals surface area contributed by atoms with Crippen molar-refractivity contribution in [2.45, 2.75) is 31.7 Å². The molecule has 1 aromatic heterocycles. The number of nitrogens with one attached hydrogen (secondary N) is 1. The van der Waals surface area contributed by atoms with E-state index >= 15 is 0 Å². The Bertz CT molecular complexity index is 514. The molecule has 94 valence electrons. The molecule has 3 rings (SSSR count). The number of hydrogen-bond donors (Lipinski definition) is 1. The van der Waals surface area contributed by atoms with Crippen LogP contribution in [0.1, 0.15) is 37.0 Å². The summed E-state index contributed by atoms with van der Waals surface area (Å²) in [5, 5.41) is 3.23. The third-order valence-corrected chi connectivity index (χ3v) is 3.63. The fourth-order valence-electron chi connectivity index (χ4n) is 2.40. The van der Waals surface area contributed by atoms with E-state index in [0.717, 1.165) is 31.0 Å². The Morgan fingerprint density at radius 2 is 2.06 bits per heavy atom. The minimum Gasteiger partial charge on any atom is -0.443 e. The number of oxazole rings is 1. The van der Waals surface area contributed by atoms with Gasteiger partial charge in [-0.05, 0) is 24.9 Å². The topological polar surface area (TPSA) is 38.1 Å². The van der Waals surface area contributed by atoms with E-state index in [1.807, 2.05) is 6.20 Å². The van der Waals surface area contributed by atoms with Crippen LogP contribution >= 0.6 is 0 Å². The summed E-state index contributed by atoms with van der Waals surface area (Å²) in [4.78, 5) is 4.36. The Labute approximate surface area is 107 Å². The standard InChI is InChI=1S/C15H18N2O/c1-2-16-11-14-17-10-13(18-14)15(8-9-15)12-6-4-3-5-7-12/h3-7,10,16H,2,8-9,11H2,1H3. The fraction of sp³-hybridized carbons (Fsp3) is 0.400. The van der Waals surface area contributed by atoms with Crippen molar-refractivity contribution in [1.82, 2.24) is 10.3 Å². The molecule has 18 heavy (non-hydrogen) atoms. The van der Waals surface area contributed by atoms with E-state index in [1.165, 1.54) is 5.56 Å². The van der Waals surface area contributed by atoms with E-state index in [2.05, 4.69) is 47.6 Å². The quantitative estimate of drug-likeness (QED) is 0.876. The summed E-state index contributed by atoms with van der Waals surface area (Å²) in [6.45, 7) is 3.72. The molecular weight excluding hydrogens is 224 g/mol. The van der Waals surface area contributed by atoms with E-state index in [0.29, 0.717) is 6.54 Å². The highest BCUT2D eigenvalue weighted by atomic mass is 16.4. The van der Waals surface area contributed by atoms with Crippen molar-refractivity contribution < 1.29 is 4.42 Å². The van der Waals surface area contributed by atoms with Crippen LogP contribution in [0.4, 0.5) is 0 Å². The highest BCUT2D eigenvalue weighted by Crippen LogP contribution is 2.53. The van der Waals surface area contributed by atoms with Gasteiger partial charge < -0.3 is 9.73 Å². The van der Waals surface area contributed by atoms with Crippen LogP contribution in [0, 0.1) is 0 Å². The van der Waals surface area contributed by atoms with Gasteiger partial charge in [-0.15, -0.1) is 0 Å². The lowest BCUT2D eigenvalue weighted by atomic mass is 9.94. The van der Waals surface area contributed by atoms with Crippen molar-refractivity contribution in [1.29, 1.82) is 0 Å². The maximum atomic E-state index is 5.89. The highest BCUT2D eigenvalue weighted by Gasteiger charge is 2.48. The molecule has 1 saturated carbocycles.